The van der Waals surface area contributed by atoms with Crippen LogP contribution in [-0.4, -0.2) is 47.3 Å². The van der Waals surface area contributed by atoms with E-state index in [4.69, 9.17) is 0 Å². The maximum Gasteiger partial charge on any atom is 0.199 e. The Balaban J connectivity index is 1.10. The van der Waals surface area contributed by atoms with Gasteiger partial charge in [0.2, 0.25) is 0 Å². The summed E-state index contributed by atoms with van der Waals surface area (Å²) in [6.45, 7) is 5.30. The maximum atomic E-state index is 11.1. The highest BCUT2D eigenvalue weighted by Crippen LogP contribution is 2.38. The molecule has 2 aliphatic rings. The van der Waals surface area contributed by atoms with E-state index in [9.17, 15) is 5.11 Å². The van der Waals surface area contributed by atoms with Crippen LogP contribution in [0, 0.1) is 0 Å². The fourth-order valence-corrected chi connectivity index (χ4v) is 6.47. The number of benzene rings is 3. The van der Waals surface area contributed by atoms with Crippen molar-refractivity contribution < 1.29 is 5.11 Å². The third kappa shape index (κ3) is 5.26. The SMILES string of the molecule is Oc1c2cc(N3CCN(CCC(c4ccccc4)c4ccccc4)CC3)ccc2cn1C1CCCCC1. The zero-order valence-corrected chi connectivity index (χ0v) is 21.8. The molecule has 1 aliphatic heterocycles. The van der Waals surface area contributed by atoms with Gasteiger partial charge in [0.1, 0.15) is 0 Å². The quantitative estimate of drug-likeness (QED) is 0.295. The number of fused-ring (bicyclic) bond motifs is 1. The second-order valence-electron chi connectivity index (χ2n) is 10.9. The van der Waals surface area contributed by atoms with Crippen molar-refractivity contribution >= 4 is 16.5 Å². The van der Waals surface area contributed by atoms with Crippen molar-refractivity contribution in [2.75, 3.05) is 37.6 Å². The minimum Gasteiger partial charge on any atom is -0.494 e. The smallest absolute Gasteiger partial charge is 0.199 e. The molecular formula is C33H39N3O. The van der Waals surface area contributed by atoms with Crippen LogP contribution in [0.25, 0.3) is 10.8 Å². The van der Waals surface area contributed by atoms with Crippen LogP contribution in [0.1, 0.15) is 61.6 Å². The second kappa shape index (κ2) is 11.0. The Bertz CT molecular complexity index is 1250. The lowest BCUT2D eigenvalue weighted by atomic mass is 9.88. The monoisotopic (exact) mass is 493 g/mol. The summed E-state index contributed by atoms with van der Waals surface area (Å²) in [5.74, 6) is 0.884. The Morgan fingerprint density at radius 2 is 1.41 bits per heavy atom. The number of piperazine rings is 1. The first-order valence-electron chi connectivity index (χ1n) is 14.2. The lowest BCUT2D eigenvalue weighted by molar-refractivity contribution is 0.251. The van der Waals surface area contributed by atoms with E-state index in [0.717, 1.165) is 49.9 Å². The van der Waals surface area contributed by atoms with Gasteiger partial charge >= 0.3 is 0 Å². The van der Waals surface area contributed by atoms with E-state index in [1.165, 1.54) is 48.9 Å². The maximum absolute atomic E-state index is 11.1. The van der Waals surface area contributed by atoms with Gasteiger partial charge in [0, 0.05) is 60.8 Å². The lowest BCUT2D eigenvalue weighted by Gasteiger charge is -2.36. The molecule has 4 heteroatoms. The molecule has 1 N–H and O–H groups in total. The summed E-state index contributed by atoms with van der Waals surface area (Å²) >= 11 is 0. The molecule has 1 aliphatic carbocycles. The van der Waals surface area contributed by atoms with Gasteiger partial charge in [-0.2, -0.15) is 0 Å². The van der Waals surface area contributed by atoms with E-state index < -0.39 is 0 Å². The summed E-state index contributed by atoms with van der Waals surface area (Å²) in [5.41, 5.74) is 4.04. The highest BCUT2D eigenvalue weighted by atomic mass is 16.3. The normalized spacial score (nSPS) is 17.6. The van der Waals surface area contributed by atoms with Gasteiger partial charge in [-0.05, 0) is 49.1 Å². The molecule has 1 aromatic heterocycles. The fraction of sp³-hybridized carbons (Fsp3) is 0.394. The van der Waals surface area contributed by atoms with E-state index >= 15 is 0 Å². The van der Waals surface area contributed by atoms with Crippen molar-refractivity contribution in [3.8, 4) is 5.88 Å². The average Bonchev–Trinajstić information content (AvgIpc) is 3.31. The van der Waals surface area contributed by atoms with E-state index in [1.807, 2.05) is 0 Å². The number of rotatable bonds is 7. The highest BCUT2D eigenvalue weighted by molar-refractivity contribution is 5.91. The molecule has 0 radical (unpaired) electrons. The van der Waals surface area contributed by atoms with Gasteiger partial charge < -0.3 is 14.6 Å². The summed E-state index contributed by atoms with van der Waals surface area (Å²) in [6, 6.07) is 29.0. The molecule has 0 spiro atoms. The van der Waals surface area contributed by atoms with Crippen LogP contribution in [0.2, 0.25) is 0 Å². The number of aromatic hydroxyl groups is 1. The first-order valence-corrected chi connectivity index (χ1v) is 14.2. The van der Waals surface area contributed by atoms with Crippen molar-refractivity contribution in [1.29, 1.82) is 0 Å². The molecule has 2 heterocycles. The Labute approximate surface area is 221 Å². The van der Waals surface area contributed by atoms with Gasteiger partial charge in [-0.1, -0.05) is 86.0 Å². The third-order valence-electron chi connectivity index (χ3n) is 8.64. The van der Waals surface area contributed by atoms with Crippen molar-refractivity contribution in [3.05, 3.63) is 96.2 Å². The number of hydrogen-bond acceptors (Lipinski definition) is 3. The second-order valence-corrected chi connectivity index (χ2v) is 10.9. The van der Waals surface area contributed by atoms with Crippen LogP contribution < -0.4 is 4.90 Å². The van der Waals surface area contributed by atoms with Crippen LogP contribution in [0.5, 0.6) is 5.88 Å². The molecule has 0 atom stereocenters. The largest absolute Gasteiger partial charge is 0.494 e. The summed E-state index contributed by atoms with van der Waals surface area (Å²) in [4.78, 5) is 5.10. The fourth-order valence-electron chi connectivity index (χ4n) is 6.47. The van der Waals surface area contributed by atoms with Crippen LogP contribution >= 0.6 is 0 Å². The minimum absolute atomic E-state index is 0.430. The number of nitrogens with zero attached hydrogens (tertiary/aromatic N) is 3. The van der Waals surface area contributed by atoms with E-state index in [1.54, 1.807) is 0 Å². The molecule has 0 bridgehead atoms. The molecule has 6 rings (SSSR count). The summed E-state index contributed by atoms with van der Waals surface area (Å²) in [5, 5.41) is 13.2. The molecule has 4 nitrogen and oxygen atoms in total. The Kier molecular flexibility index (Phi) is 7.18. The first kappa shape index (κ1) is 24.1. The molecular weight excluding hydrogens is 454 g/mol. The van der Waals surface area contributed by atoms with Crippen LogP contribution in [0.15, 0.2) is 85.1 Å². The highest BCUT2D eigenvalue weighted by Gasteiger charge is 2.23. The molecule has 1 saturated heterocycles. The van der Waals surface area contributed by atoms with Crippen molar-refractivity contribution in [3.63, 3.8) is 0 Å². The van der Waals surface area contributed by atoms with E-state index in [-0.39, 0.29) is 0 Å². The molecule has 1 saturated carbocycles. The van der Waals surface area contributed by atoms with Crippen LogP contribution in [-0.2, 0) is 0 Å². The number of aromatic nitrogens is 1. The van der Waals surface area contributed by atoms with E-state index in [2.05, 4.69) is 99.4 Å². The first-order chi connectivity index (χ1) is 18.3. The van der Waals surface area contributed by atoms with Gasteiger partial charge in [-0.25, -0.2) is 0 Å². The van der Waals surface area contributed by atoms with Crippen molar-refractivity contribution in [1.82, 2.24) is 9.47 Å². The lowest BCUT2D eigenvalue weighted by Crippen LogP contribution is -2.46. The molecule has 37 heavy (non-hydrogen) atoms. The van der Waals surface area contributed by atoms with Gasteiger partial charge in [0.25, 0.3) is 0 Å². The number of anilines is 1. The molecule has 2 fully saturated rings. The predicted molar refractivity (Wildman–Crippen MR) is 154 cm³/mol. The van der Waals surface area contributed by atoms with Gasteiger partial charge in [0.15, 0.2) is 5.88 Å². The Morgan fingerprint density at radius 3 is 2.05 bits per heavy atom. The Hall–Kier alpha value is -3.24. The predicted octanol–water partition coefficient (Wildman–Crippen LogP) is 7.20. The van der Waals surface area contributed by atoms with Crippen LogP contribution in [0.4, 0.5) is 5.69 Å². The zero-order valence-electron chi connectivity index (χ0n) is 21.8. The zero-order chi connectivity index (χ0) is 25.0. The summed E-state index contributed by atoms with van der Waals surface area (Å²) in [7, 11) is 0. The van der Waals surface area contributed by atoms with Crippen LogP contribution in [0.3, 0.4) is 0 Å². The number of hydrogen-bond donors (Lipinski definition) is 1. The van der Waals surface area contributed by atoms with Gasteiger partial charge in [-0.3, -0.25) is 4.90 Å². The minimum atomic E-state index is 0.430. The molecule has 0 amide bonds. The topological polar surface area (TPSA) is 31.6 Å². The summed E-state index contributed by atoms with van der Waals surface area (Å²) in [6.07, 6.45) is 9.52. The van der Waals surface area contributed by atoms with Crippen molar-refractivity contribution in [2.24, 2.45) is 0 Å². The van der Waals surface area contributed by atoms with Crippen molar-refractivity contribution in [2.45, 2.75) is 50.5 Å². The average molecular weight is 494 g/mol. The van der Waals surface area contributed by atoms with E-state index in [0.29, 0.717) is 17.8 Å². The van der Waals surface area contributed by atoms with Gasteiger partial charge in [-0.15, -0.1) is 0 Å². The molecule has 4 aromatic rings. The molecule has 0 unspecified atom stereocenters. The standard InChI is InChI=1S/C33H39N3O/c37-33-32-24-30(17-16-28(32)25-36(33)29-14-8-3-9-15-29)35-22-20-34(21-23-35)19-18-31(26-10-4-1-5-11-26)27-12-6-2-7-13-27/h1-2,4-7,10-13,16-17,24-25,29,31,37H,3,8-9,14-15,18-23H2. The van der Waals surface area contributed by atoms with Gasteiger partial charge in [0.05, 0.1) is 0 Å². The third-order valence-corrected chi connectivity index (χ3v) is 8.64. The molecule has 3 aromatic carbocycles. The molecule has 192 valence electrons. The summed E-state index contributed by atoms with van der Waals surface area (Å²) < 4.78 is 2.14. The Morgan fingerprint density at radius 1 is 0.757 bits per heavy atom.